The molecule has 0 amide bonds. The molecule has 0 saturated carbocycles. The highest BCUT2D eigenvalue weighted by Crippen LogP contribution is 2.41. The summed E-state index contributed by atoms with van der Waals surface area (Å²) in [5, 5.41) is 8.51. The number of fused-ring (bicyclic) bond motifs is 3. The number of nitrogens with zero attached hydrogens (tertiary/aromatic N) is 6. The summed E-state index contributed by atoms with van der Waals surface area (Å²) in [5.41, 5.74) is 1.95. The van der Waals surface area contributed by atoms with Crippen LogP contribution in [0.15, 0.2) is 36.4 Å². The summed E-state index contributed by atoms with van der Waals surface area (Å²) in [7, 11) is 0. The molecule has 0 fully saturated rings. The summed E-state index contributed by atoms with van der Waals surface area (Å²) in [6.45, 7) is 2.12. The molecule has 2 aromatic rings. The zero-order valence-electron chi connectivity index (χ0n) is 10.7. The molecule has 0 bridgehead atoms. The fourth-order valence-electron chi connectivity index (χ4n) is 2.62. The molecule has 0 spiro atoms. The van der Waals surface area contributed by atoms with Crippen LogP contribution in [-0.4, -0.2) is 24.7 Å². The van der Waals surface area contributed by atoms with Gasteiger partial charge in [-0.2, -0.15) is 4.98 Å². The van der Waals surface area contributed by atoms with E-state index in [9.17, 15) is 0 Å². The van der Waals surface area contributed by atoms with Crippen molar-refractivity contribution >= 4 is 17.4 Å². The molecule has 0 radical (unpaired) electrons. The molecule has 6 nitrogen and oxygen atoms in total. The van der Waals surface area contributed by atoms with Crippen LogP contribution in [0.1, 0.15) is 25.2 Å². The first-order valence-electron chi connectivity index (χ1n) is 6.40. The minimum absolute atomic E-state index is 0.0900. The highest BCUT2D eigenvalue weighted by atomic mass is 35.5. The number of halogens is 1. The standard InChI is InChI=1S/C13H11ClN6/c1-2-9-12-18-16-7-19(12)10-6-15-13(14)17-11(10)20(9)8-4-3-5-8/h3-7,9H,2H2,1H3. The van der Waals surface area contributed by atoms with Crippen LogP contribution in [-0.2, 0) is 0 Å². The van der Waals surface area contributed by atoms with Gasteiger partial charge in [-0.1, -0.05) is 13.0 Å². The van der Waals surface area contributed by atoms with Crippen LogP contribution >= 0.6 is 11.6 Å². The number of anilines is 1. The predicted octanol–water partition coefficient (Wildman–Crippen LogP) is 2.44. The SMILES string of the molecule is CCC1c2nncn2-c2cnc(Cl)nc2N1C1=CC=C1. The quantitative estimate of drug-likeness (QED) is 0.794. The molecule has 0 aromatic carbocycles. The Hall–Kier alpha value is -2.21. The molecule has 0 saturated heterocycles. The van der Waals surface area contributed by atoms with E-state index >= 15 is 0 Å². The summed E-state index contributed by atoms with van der Waals surface area (Å²) in [4.78, 5) is 10.6. The molecule has 1 atom stereocenters. The summed E-state index contributed by atoms with van der Waals surface area (Å²) in [6, 6.07) is 0.0900. The van der Waals surface area contributed by atoms with Gasteiger partial charge in [0, 0.05) is 5.70 Å². The van der Waals surface area contributed by atoms with Crippen molar-refractivity contribution in [1.29, 1.82) is 0 Å². The molecule has 20 heavy (non-hydrogen) atoms. The lowest BCUT2D eigenvalue weighted by Gasteiger charge is -2.38. The molecule has 1 aliphatic heterocycles. The van der Waals surface area contributed by atoms with E-state index < -0.39 is 0 Å². The molecule has 100 valence electrons. The summed E-state index contributed by atoms with van der Waals surface area (Å²) in [5.74, 6) is 1.69. The average Bonchev–Trinajstić information content (AvgIpc) is 2.86. The van der Waals surface area contributed by atoms with E-state index in [1.165, 1.54) is 0 Å². The normalized spacial score (nSPS) is 19.2. The van der Waals surface area contributed by atoms with Gasteiger partial charge in [0.1, 0.15) is 12.0 Å². The van der Waals surface area contributed by atoms with Crippen LogP contribution in [0.5, 0.6) is 0 Å². The third-order valence-corrected chi connectivity index (χ3v) is 3.77. The largest absolute Gasteiger partial charge is 0.314 e. The van der Waals surface area contributed by atoms with Crippen LogP contribution in [0, 0.1) is 0 Å². The lowest BCUT2D eigenvalue weighted by atomic mass is 10.1. The van der Waals surface area contributed by atoms with Crippen molar-refractivity contribution in [3.63, 3.8) is 0 Å². The van der Waals surface area contributed by atoms with Gasteiger partial charge in [0.2, 0.25) is 5.28 Å². The maximum atomic E-state index is 5.97. The third kappa shape index (κ3) is 1.45. The van der Waals surface area contributed by atoms with E-state index in [2.05, 4.69) is 44.1 Å². The van der Waals surface area contributed by atoms with Gasteiger partial charge >= 0.3 is 0 Å². The van der Waals surface area contributed by atoms with Crippen LogP contribution in [0.25, 0.3) is 5.69 Å². The first-order chi connectivity index (χ1) is 9.79. The monoisotopic (exact) mass is 286 g/mol. The third-order valence-electron chi connectivity index (χ3n) is 3.59. The highest BCUT2D eigenvalue weighted by molar-refractivity contribution is 6.28. The maximum absolute atomic E-state index is 5.97. The van der Waals surface area contributed by atoms with Gasteiger partial charge in [-0.3, -0.25) is 4.57 Å². The van der Waals surface area contributed by atoms with E-state index in [-0.39, 0.29) is 11.3 Å². The van der Waals surface area contributed by atoms with Gasteiger partial charge in [-0.15, -0.1) is 10.2 Å². The fraction of sp³-hybridized carbons (Fsp3) is 0.231. The average molecular weight is 287 g/mol. The summed E-state index contributed by atoms with van der Waals surface area (Å²) in [6.07, 6.45) is 10.4. The Balaban J connectivity index is 1.98. The number of hydrogen-bond acceptors (Lipinski definition) is 5. The van der Waals surface area contributed by atoms with E-state index in [4.69, 9.17) is 11.6 Å². The lowest BCUT2D eigenvalue weighted by Crippen LogP contribution is -2.35. The van der Waals surface area contributed by atoms with Crippen molar-refractivity contribution in [2.75, 3.05) is 4.90 Å². The molecule has 1 unspecified atom stereocenters. The Morgan fingerprint density at radius 3 is 2.95 bits per heavy atom. The van der Waals surface area contributed by atoms with Crippen molar-refractivity contribution in [3.05, 3.63) is 47.6 Å². The Morgan fingerprint density at radius 1 is 1.40 bits per heavy atom. The summed E-state index contributed by atoms with van der Waals surface area (Å²) < 4.78 is 1.93. The van der Waals surface area contributed by atoms with E-state index in [0.717, 1.165) is 29.4 Å². The molecule has 3 heterocycles. The maximum Gasteiger partial charge on any atom is 0.224 e. The Kier molecular flexibility index (Phi) is 2.40. The second-order valence-corrected chi connectivity index (χ2v) is 4.99. The van der Waals surface area contributed by atoms with E-state index in [1.54, 1.807) is 12.5 Å². The fourth-order valence-corrected chi connectivity index (χ4v) is 2.75. The Labute approximate surface area is 120 Å². The minimum Gasteiger partial charge on any atom is -0.314 e. The van der Waals surface area contributed by atoms with Crippen LogP contribution in [0.4, 0.5) is 5.82 Å². The Bertz CT molecular complexity index is 747. The van der Waals surface area contributed by atoms with Gasteiger partial charge in [0.15, 0.2) is 11.6 Å². The first-order valence-corrected chi connectivity index (χ1v) is 6.78. The predicted molar refractivity (Wildman–Crippen MR) is 74.7 cm³/mol. The van der Waals surface area contributed by atoms with Gasteiger partial charge in [-0.05, 0) is 30.2 Å². The smallest absolute Gasteiger partial charge is 0.224 e. The van der Waals surface area contributed by atoms with Crippen LogP contribution < -0.4 is 4.90 Å². The minimum atomic E-state index is 0.0900. The van der Waals surface area contributed by atoms with Crippen molar-refractivity contribution in [1.82, 2.24) is 24.7 Å². The number of aromatic nitrogens is 5. The lowest BCUT2D eigenvalue weighted by molar-refractivity contribution is 0.575. The van der Waals surface area contributed by atoms with E-state index in [0.29, 0.717) is 0 Å². The van der Waals surface area contributed by atoms with Crippen molar-refractivity contribution in [3.8, 4) is 5.69 Å². The van der Waals surface area contributed by atoms with Gasteiger partial charge in [0.05, 0.1) is 12.2 Å². The number of rotatable bonds is 2. The molecule has 7 heteroatoms. The second-order valence-electron chi connectivity index (χ2n) is 4.65. The van der Waals surface area contributed by atoms with Gasteiger partial charge < -0.3 is 4.90 Å². The highest BCUT2D eigenvalue weighted by Gasteiger charge is 2.35. The molecule has 1 aliphatic carbocycles. The van der Waals surface area contributed by atoms with Crippen molar-refractivity contribution in [2.45, 2.75) is 19.4 Å². The first kappa shape index (κ1) is 11.6. The molecule has 0 N–H and O–H groups in total. The topological polar surface area (TPSA) is 59.7 Å². The van der Waals surface area contributed by atoms with Crippen LogP contribution in [0.2, 0.25) is 5.28 Å². The van der Waals surface area contributed by atoms with Crippen LogP contribution in [0.3, 0.4) is 0 Å². The second kappa shape index (κ2) is 4.14. The number of allylic oxidation sites excluding steroid dienone is 3. The number of hydrogen-bond donors (Lipinski definition) is 0. The van der Waals surface area contributed by atoms with Gasteiger partial charge in [0.25, 0.3) is 0 Å². The van der Waals surface area contributed by atoms with Crippen molar-refractivity contribution < 1.29 is 0 Å². The summed E-state index contributed by atoms with van der Waals surface area (Å²) >= 11 is 5.97. The zero-order valence-corrected chi connectivity index (χ0v) is 11.5. The van der Waals surface area contributed by atoms with Crippen molar-refractivity contribution in [2.24, 2.45) is 0 Å². The van der Waals surface area contributed by atoms with Gasteiger partial charge in [-0.25, -0.2) is 4.98 Å². The molecular weight excluding hydrogens is 276 g/mol. The Morgan fingerprint density at radius 2 is 2.25 bits per heavy atom. The molecule has 2 aliphatic rings. The molecule has 4 rings (SSSR count). The zero-order chi connectivity index (χ0) is 13.7. The van der Waals surface area contributed by atoms with E-state index in [1.807, 2.05) is 10.6 Å². The molecule has 2 aromatic heterocycles. The molecular formula is C13H11ClN6.